The lowest BCUT2D eigenvalue weighted by atomic mass is 10.1. The highest BCUT2D eigenvalue weighted by atomic mass is 35.5. The first-order valence-corrected chi connectivity index (χ1v) is 12.4. The molecule has 0 aliphatic heterocycles. The van der Waals surface area contributed by atoms with E-state index < -0.39 is 74.1 Å². The summed E-state index contributed by atoms with van der Waals surface area (Å²) in [5.74, 6) is -10.4. The van der Waals surface area contributed by atoms with Gasteiger partial charge in [0.2, 0.25) is 11.8 Å². The first-order valence-electron chi connectivity index (χ1n) is 10.9. The van der Waals surface area contributed by atoms with Crippen molar-refractivity contribution in [3.05, 3.63) is 86.9 Å². The summed E-state index contributed by atoms with van der Waals surface area (Å²) in [5.41, 5.74) is -2.31. The summed E-state index contributed by atoms with van der Waals surface area (Å²) < 4.78 is 56.2. The van der Waals surface area contributed by atoms with E-state index >= 15 is 0 Å². The Labute approximate surface area is 238 Å². The Morgan fingerprint density at radius 3 is 2.15 bits per heavy atom. The van der Waals surface area contributed by atoms with Crippen molar-refractivity contribution in [1.29, 1.82) is 0 Å². The molecule has 0 aromatic heterocycles. The number of alkyl halides is 2. The molecule has 1 aliphatic rings. The van der Waals surface area contributed by atoms with Crippen LogP contribution in [0.3, 0.4) is 0 Å². The molecule has 3 N–H and O–H groups in total. The molecule has 3 aromatic rings. The zero-order valence-corrected chi connectivity index (χ0v) is 22.5. The maximum absolute atomic E-state index is 14.7. The van der Waals surface area contributed by atoms with Crippen molar-refractivity contribution < 1.29 is 31.9 Å². The lowest BCUT2D eigenvalue weighted by Gasteiger charge is -2.13. The standard InChI is InChI=1S/C25H15Cl4F4N3O3/c1-9(37)34-17-5-4-15(30)22(21(17)33)36-23(38)12-7-11(8-16(31)20(12)32)35-24(39)19-18(25(19,28)29)10-2-3-13(26)14(27)6-10/h2-8,18-19H,1H3,(H,34,37)(H,35,39)(H,36,38)/t18-,19+/m0/s1. The Bertz CT molecular complexity index is 1540. The molecule has 6 nitrogen and oxygen atoms in total. The molecule has 0 bridgehead atoms. The van der Waals surface area contributed by atoms with Crippen LogP contribution in [0.2, 0.25) is 10.0 Å². The molecule has 1 fully saturated rings. The summed E-state index contributed by atoms with van der Waals surface area (Å²) in [6.07, 6.45) is 0. The lowest BCUT2D eigenvalue weighted by Crippen LogP contribution is -2.20. The van der Waals surface area contributed by atoms with Gasteiger partial charge in [0.05, 0.1) is 27.2 Å². The van der Waals surface area contributed by atoms with Gasteiger partial charge in [0.25, 0.3) is 5.91 Å². The number of anilines is 3. The Morgan fingerprint density at radius 2 is 1.51 bits per heavy atom. The summed E-state index contributed by atoms with van der Waals surface area (Å²) >= 11 is 24.5. The van der Waals surface area contributed by atoms with E-state index in [1.165, 1.54) is 12.1 Å². The highest BCUT2D eigenvalue weighted by Crippen LogP contribution is 2.65. The third-order valence-corrected chi connectivity index (χ3v) is 7.50. The first kappa shape index (κ1) is 28.9. The fraction of sp³-hybridized carbons (Fsp3) is 0.160. The second kappa shape index (κ2) is 10.8. The van der Waals surface area contributed by atoms with Crippen LogP contribution in [0.1, 0.15) is 28.8 Å². The summed E-state index contributed by atoms with van der Waals surface area (Å²) in [5, 5.41) is 6.71. The topological polar surface area (TPSA) is 87.3 Å². The molecule has 0 spiro atoms. The molecule has 0 unspecified atom stereocenters. The molecule has 1 saturated carbocycles. The van der Waals surface area contributed by atoms with Gasteiger partial charge >= 0.3 is 0 Å². The van der Waals surface area contributed by atoms with Gasteiger partial charge in [-0.05, 0) is 35.9 Å². The molecule has 14 heteroatoms. The van der Waals surface area contributed by atoms with Crippen molar-refractivity contribution in [3.8, 4) is 0 Å². The van der Waals surface area contributed by atoms with Gasteiger partial charge in [-0.25, -0.2) is 17.6 Å². The minimum atomic E-state index is -1.64. The minimum absolute atomic E-state index is 0.205. The summed E-state index contributed by atoms with van der Waals surface area (Å²) in [6.45, 7) is 1.08. The molecule has 0 saturated heterocycles. The molecular weight excluding hydrogens is 608 g/mol. The highest BCUT2D eigenvalue weighted by Gasteiger charge is 2.67. The van der Waals surface area contributed by atoms with Crippen LogP contribution in [0.15, 0.2) is 42.5 Å². The molecule has 4 rings (SSSR count). The number of hydrogen-bond acceptors (Lipinski definition) is 3. The maximum Gasteiger partial charge on any atom is 0.258 e. The largest absolute Gasteiger partial charge is 0.326 e. The van der Waals surface area contributed by atoms with E-state index in [-0.39, 0.29) is 15.7 Å². The predicted octanol–water partition coefficient (Wildman–Crippen LogP) is 7.29. The molecule has 3 aromatic carbocycles. The van der Waals surface area contributed by atoms with Gasteiger partial charge < -0.3 is 16.0 Å². The lowest BCUT2D eigenvalue weighted by molar-refractivity contribution is -0.117. The third-order valence-electron chi connectivity index (χ3n) is 5.82. The number of amides is 3. The van der Waals surface area contributed by atoms with Crippen molar-refractivity contribution in [2.24, 2.45) is 5.92 Å². The zero-order valence-electron chi connectivity index (χ0n) is 19.4. The van der Waals surface area contributed by atoms with E-state index in [2.05, 4.69) is 10.6 Å². The van der Waals surface area contributed by atoms with Gasteiger partial charge in [-0.2, -0.15) is 0 Å². The molecule has 2 atom stereocenters. The predicted molar refractivity (Wildman–Crippen MR) is 141 cm³/mol. The van der Waals surface area contributed by atoms with Crippen molar-refractivity contribution in [2.75, 3.05) is 16.0 Å². The van der Waals surface area contributed by atoms with Gasteiger partial charge in [0, 0.05) is 24.6 Å². The SMILES string of the molecule is CC(=O)Nc1ccc(F)c(NC(=O)c2cc(NC(=O)[C@H]3[C@H](c4ccc(Cl)c(Cl)c4)C3(Cl)Cl)cc(F)c2F)c1F. The van der Waals surface area contributed by atoms with Gasteiger partial charge in [0.1, 0.15) is 15.8 Å². The van der Waals surface area contributed by atoms with Crippen LogP contribution in [0.25, 0.3) is 0 Å². The third kappa shape index (κ3) is 5.79. The van der Waals surface area contributed by atoms with E-state index in [4.69, 9.17) is 46.4 Å². The van der Waals surface area contributed by atoms with Crippen LogP contribution >= 0.6 is 46.4 Å². The van der Waals surface area contributed by atoms with Gasteiger partial charge in [-0.1, -0.05) is 29.3 Å². The minimum Gasteiger partial charge on any atom is -0.326 e. The molecule has 0 heterocycles. The molecule has 204 valence electrons. The monoisotopic (exact) mass is 621 g/mol. The molecule has 1 aliphatic carbocycles. The number of hydrogen-bond donors (Lipinski definition) is 3. The number of carbonyl (C=O) groups excluding carboxylic acids is 3. The van der Waals surface area contributed by atoms with E-state index in [1.807, 2.05) is 5.32 Å². The number of benzene rings is 3. The van der Waals surface area contributed by atoms with Crippen molar-refractivity contribution in [3.63, 3.8) is 0 Å². The number of carbonyl (C=O) groups is 3. The first-order chi connectivity index (χ1) is 18.2. The quantitative estimate of drug-likeness (QED) is 0.199. The maximum atomic E-state index is 14.7. The summed E-state index contributed by atoms with van der Waals surface area (Å²) in [4.78, 5) is 36.8. The molecule has 0 radical (unpaired) electrons. The fourth-order valence-corrected chi connectivity index (χ4v) is 5.09. The fourth-order valence-electron chi connectivity index (χ4n) is 3.95. The number of rotatable bonds is 6. The summed E-state index contributed by atoms with van der Waals surface area (Å²) in [7, 11) is 0. The van der Waals surface area contributed by atoms with Crippen LogP contribution in [0.5, 0.6) is 0 Å². The van der Waals surface area contributed by atoms with E-state index in [0.717, 1.165) is 25.1 Å². The average Bonchev–Trinajstić information content (AvgIpc) is 3.44. The molecule has 39 heavy (non-hydrogen) atoms. The van der Waals surface area contributed by atoms with E-state index in [0.29, 0.717) is 11.6 Å². The van der Waals surface area contributed by atoms with Crippen molar-refractivity contribution in [1.82, 2.24) is 0 Å². The smallest absolute Gasteiger partial charge is 0.258 e. The number of nitrogens with one attached hydrogen (secondary N) is 3. The van der Waals surface area contributed by atoms with Gasteiger partial charge in [-0.15, -0.1) is 23.2 Å². The van der Waals surface area contributed by atoms with Crippen molar-refractivity contribution in [2.45, 2.75) is 17.2 Å². The summed E-state index contributed by atoms with van der Waals surface area (Å²) in [6, 6.07) is 7.58. The van der Waals surface area contributed by atoms with E-state index in [9.17, 15) is 31.9 Å². The number of halogens is 8. The zero-order chi connectivity index (χ0) is 28.8. The Hall–Kier alpha value is -3.05. The average molecular weight is 623 g/mol. The second-order valence-electron chi connectivity index (χ2n) is 8.53. The molecule has 3 amide bonds. The molecular formula is C25H15Cl4F4N3O3. The van der Waals surface area contributed by atoms with Gasteiger partial charge in [0.15, 0.2) is 17.5 Å². The van der Waals surface area contributed by atoms with Crippen LogP contribution in [0.4, 0.5) is 34.6 Å². The second-order valence-corrected chi connectivity index (χ2v) is 10.8. The van der Waals surface area contributed by atoms with Gasteiger partial charge in [-0.3, -0.25) is 14.4 Å². The van der Waals surface area contributed by atoms with E-state index in [1.54, 1.807) is 6.07 Å². The van der Waals surface area contributed by atoms with Crippen LogP contribution < -0.4 is 16.0 Å². The normalized spacial score (nSPS) is 17.4. The highest BCUT2D eigenvalue weighted by molar-refractivity contribution is 6.53. The Kier molecular flexibility index (Phi) is 8.05. The Morgan fingerprint density at radius 1 is 0.821 bits per heavy atom. The van der Waals surface area contributed by atoms with Crippen LogP contribution in [0, 0.1) is 29.2 Å². The van der Waals surface area contributed by atoms with Crippen molar-refractivity contribution >= 4 is 81.2 Å². The van der Waals surface area contributed by atoms with Crippen LogP contribution in [-0.4, -0.2) is 22.1 Å². The Balaban J connectivity index is 1.57. The van der Waals surface area contributed by atoms with Crippen LogP contribution in [-0.2, 0) is 9.59 Å².